The van der Waals surface area contributed by atoms with Crippen LogP contribution in [0.5, 0.6) is 5.75 Å². The molecule has 1 aromatic heterocycles. The number of rotatable bonds is 7. The second kappa shape index (κ2) is 7.87. The molecule has 4 aromatic rings. The van der Waals surface area contributed by atoms with E-state index in [1.807, 2.05) is 6.07 Å². The van der Waals surface area contributed by atoms with Gasteiger partial charge in [0.15, 0.2) is 0 Å². The molecule has 0 bridgehead atoms. The third kappa shape index (κ3) is 4.12. The van der Waals surface area contributed by atoms with E-state index < -0.39 is 0 Å². The van der Waals surface area contributed by atoms with Gasteiger partial charge in [0, 0.05) is 6.42 Å². The van der Waals surface area contributed by atoms with Crippen LogP contribution in [-0.4, -0.2) is 11.2 Å². The number of ether oxygens (including phenoxy) is 1. The summed E-state index contributed by atoms with van der Waals surface area (Å²) in [5.41, 5.74) is 1.31. The lowest BCUT2D eigenvalue weighted by Crippen LogP contribution is -2.31. The molecule has 0 aliphatic carbocycles. The van der Waals surface area contributed by atoms with Crippen molar-refractivity contribution >= 4 is 10.8 Å². The van der Waals surface area contributed by atoms with Crippen molar-refractivity contribution in [2.24, 2.45) is 0 Å². The molecule has 0 saturated carbocycles. The Morgan fingerprint density at radius 1 is 0.846 bits per heavy atom. The standard InChI is InChI=1S/C23H23N2O/c1-2-7-20(8-3-1)18-25-15-14-24(19-25)13-6-16-26-23-12-11-21-9-4-5-10-22(21)17-23/h1-5,7-12,14-15,17,19H,6,13,16,18H2/q+1. The summed E-state index contributed by atoms with van der Waals surface area (Å²) in [6, 6.07) is 25.1. The van der Waals surface area contributed by atoms with Gasteiger partial charge in [0.1, 0.15) is 24.7 Å². The molecule has 0 spiro atoms. The van der Waals surface area contributed by atoms with Crippen LogP contribution in [0.4, 0.5) is 0 Å². The van der Waals surface area contributed by atoms with Crippen molar-refractivity contribution in [3.63, 3.8) is 0 Å². The van der Waals surface area contributed by atoms with Crippen molar-refractivity contribution in [2.75, 3.05) is 6.61 Å². The van der Waals surface area contributed by atoms with E-state index in [0.29, 0.717) is 0 Å². The molecule has 0 fully saturated rings. The molecule has 3 aromatic carbocycles. The van der Waals surface area contributed by atoms with Crippen LogP contribution in [0.2, 0.25) is 0 Å². The van der Waals surface area contributed by atoms with E-state index >= 15 is 0 Å². The predicted octanol–water partition coefficient (Wildman–Crippen LogP) is 4.45. The molecule has 1 heterocycles. The monoisotopic (exact) mass is 343 g/mol. The fourth-order valence-corrected chi connectivity index (χ4v) is 3.15. The normalized spacial score (nSPS) is 10.9. The molecule has 0 aliphatic heterocycles. The Kier molecular flexibility index (Phi) is 4.97. The molecular formula is C23H23N2O+. The van der Waals surface area contributed by atoms with Gasteiger partial charge in [-0.1, -0.05) is 60.7 Å². The molecule has 3 heteroatoms. The molecule has 0 atom stereocenters. The van der Waals surface area contributed by atoms with Gasteiger partial charge in [-0.2, -0.15) is 0 Å². The molecule has 3 nitrogen and oxygen atoms in total. The molecule has 0 amide bonds. The lowest BCUT2D eigenvalue weighted by atomic mass is 10.1. The molecule has 26 heavy (non-hydrogen) atoms. The molecule has 0 aliphatic rings. The number of hydrogen-bond donors (Lipinski definition) is 0. The topological polar surface area (TPSA) is 18.0 Å². The number of benzene rings is 3. The number of imidazole rings is 1. The van der Waals surface area contributed by atoms with Gasteiger partial charge < -0.3 is 4.74 Å². The van der Waals surface area contributed by atoms with Crippen LogP contribution in [0.25, 0.3) is 10.8 Å². The first-order valence-corrected chi connectivity index (χ1v) is 9.07. The van der Waals surface area contributed by atoms with Crippen LogP contribution in [0.15, 0.2) is 91.5 Å². The van der Waals surface area contributed by atoms with Gasteiger partial charge in [-0.05, 0) is 28.5 Å². The van der Waals surface area contributed by atoms with Crippen molar-refractivity contribution in [2.45, 2.75) is 19.5 Å². The highest BCUT2D eigenvalue weighted by Gasteiger charge is 2.05. The molecule has 0 N–H and O–H groups in total. The number of fused-ring (bicyclic) bond motifs is 1. The number of hydrogen-bond acceptors (Lipinski definition) is 1. The maximum Gasteiger partial charge on any atom is 0.244 e. The van der Waals surface area contributed by atoms with E-state index in [1.54, 1.807) is 0 Å². The van der Waals surface area contributed by atoms with Crippen molar-refractivity contribution in [3.05, 3.63) is 97.1 Å². The van der Waals surface area contributed by atoms with Crippen LogP contribution in [-0.2, 0) is 13.1 Å². The SMILES string of the molecule is c1ccc(C[n+]2ccn(CCCOc3ccc4ccccc4c3)c2)cc1. The zero-order valence-electron chi connectivity index (χ0n) is 14.8. The Labute approximate surface area is 154 Å². The van der Waals surface area contributed by atoms with Crippen LogP contribution >= 0.6 is 0 Å². The smallest absolute Gasteiger partial charge is 0.244 e. The minimum absolute atomic E-state index is 0.717. The highest BCUT2D eigenvalue weighted by atomic mass is 16.5. The summed E-state index contributed by atoms with van der Waals surface area (Å²) in [5.74, 6) is 0.940. The summed E-state index contributed by atoms with van der Waals surface area (Å²) in [6.07, 6.45) is 7.38. The summed E-state index contributed by atoms with van der Waals surface area (Å²) < 4.78 is 10.3. The first kappa shape index (κ1) is 16.4. The fraction of sp³-hybridized carbons (Fsp3) is 0.174. The Bertz CT molecular complexity index is 976. The molecular weight excluding hydrogens is 320 g/mol. The van der Waals surface area contributed by atoms with Crippen LogP contribution in [0, 0.1) is 0 Å². The maximum absolute atomic E-state index is 5.92. The maximum atomic E-state index is 5.92. The average Bonchev–Trinajstić information content (AvgIpc) is 3.13. The quantitative estimate of drug-likeness (QED) is 0.358. The molecule has 4 rings (SSSR count). The lowest BCUT2D eigenvalue weighted by molar-refractivity contribution is -0.687. The zero-order chi connectivity index (χ0) is 17.6. The molecule has 130 valence electrons. The van der Waals surface area contributed by atoms with E-state index in [1.165, 1.54) is 16.3 Å². The van der Waals surface area contributed by atoms with Gasteiger partial charge in [-0.15, -0.1) is 0 Å². The highest BCUT2D eigenvalue weighted by molar-refractivity contribution is 5.83. The first-order chi connectivity index (χ1) is 12.9. The van der Waals surface area contributed by atoms with Gasteiger partial charge in [-0.25, -0.2) is 9.13 Å². The summed E-state index contributed by atoms with van der Waals surface area (Å²) in [4.78, 5) is 0. The second-order valence-electron chi connectivity index (χ2n) is 6.52. The van der Waals surface area contributed by atoms with E-state index in [9.17, 15) is 0 Å². The first-order valence-electron chi connectivity index (χ1n) is 9.07. The van der Waals surface area contributed by atoms with E-state index in [2.05, 4.69) is 94.6 Å². The largest absolute Gasteiger partial charge is 0.493 e. The Hall–Kier alpha value is -3.07. The van der Waals surface area contributed by atoms with Gasteiger partial charge in [-0.3, -0.25) is 0 Å². The third-order valence-corrected chi connectivity index (χ3v) is 4.50. The number of aromatic nitrogens is 2. The third-order valence-electron chi connectivity index (χ3n) is 4.50. The summed E-state index contributed by atoms with van der Waals surface area (Å²) in [6.45, 7) is 2.58. The minimum Gasteiger partial charge on any atom is -0.493 e. The Balaban J connectivity index is 1.27. The Morgan fingerprint density at radius 3 is 2.54 bits per heavy atom. The average molecular weight is 343 g/mol. The van der Waals surface area contributed by atoms with Gasteiger partial charge in [0.25, 0.3) is 0 Å². The van der Waals surface area contributed by atoms with Gasteiger partial charge in [0.05, 0.1) is 13.2 Å². The molecule has 0 saturated heterocycles. The number of nitrogens with zero attached hydrogens (tertiary/aromatic N) is 2. The van der Waals surface area contributed by atoms with Gasteiger partial charge >= 0.3 is 0 Å². The van der Waals surface area contributed by atoms with E-state index in [0.717, 1.165) is 31.9 Å². The predicted molar refractivity (Wildman–Crippen MR) is 104 cm³/mol. The van der Waals surface area contributed by atoms with Crippen LogP contribution in [0.3, 0.4) is 0 Å². The zero-order valence-corrected chi connectivity index (χ0v) is 14.8. The number of aryl methyl sites for hydroxylation is 1. The highest BCUT2D eigenvalue weighted by Crippen LogP contribution is 2.20. The van der Waals surface area contributed by atoms with Crippen molar-refractivity contribution in [1.29, 1.82) is 0 Å². The van der Waals surface area contributed by atoms with E-state index in [4.69, 9.17) is 4.74 Å². The molecule has 0 unspecified atom stereocenters. The van der Waals surface area contributed by atoms with Gasteiger partial charge in [0.2, 0.25) is 6.33 Å². The van der Waals surface area contributed by atoms with Crippen molar-refractivity contribution < 1.29 is 9.30 Å². The summed E-state index contributed by atoms with van der Waals surface area (Å²) >= 11 is 0. The summed E-state index contributed by atoms with van der Waals surface area (Å²) in [5, 5.41) is 2.47. The van der Waals surface area contributed by atoms with Crippen molar-refractivity contribution in [3.8, 4) is 5.75 Å². The van der Waals surface area contributed by atoms with Crippen LogP contribution in [0.1, 0.15) is 12.0 Å². The second-order valence-corrected chi connectivity index (χ2v) is 6.52. The minimum atomic E-state index is 0.717. The lowest BCUT2D eigenvalue weighted by Gasteiger charge is -2.06. The fourth-order valence-electron chi connectivity index (χ4n) is 3.15. The summed E-state index contributed by atoms with van der Waals surface area (Å²) in [7, 11) is 0. The van der Waals surface area contributed by atoms with Crippen molar-refractivity contribution in [1.82, 2.24) is 4.57 Å². The molecule has 0 radical (unpaired) electrons. The van der Waals surface area contributed by atoms with Crippen LogP contribution < -0.4 is 9.30 Å². The Morgan fingerprint density at radius 2 is 1.65 bits per heavy atom. The van der Waals surface area contributed by atoms with E-state index in [-0.39, 0.29) is 0 Å².